The molecule has 6 heteroatoms. The zero-order chi connectivity index (χ0) is 15.5. The number of hydrogen-bond acceptors (Lipinski definition) is 4. The maximum atomic E-state index is 14.2. The van der Waals surface area contributed by atoms with Gasteiger partial charge in [0.2, 0.25) is 0 Å². The molecule has 2 N–H and O–H groups in total. The molecule has 3 rings (SSSR count). The van der Waals surface area contributed by atoms with E-state index >= 15 is 0 Å². The second kappa shape index (κ2) is 5.93. The molecule has 1 aromatic carbocycles. The Balaban J connectivity index is 2.20. The molecule has 0 aliphatic carbocycles. The molecule has 1 aromatic heterocycles. The van der Waals surface area contributed by atoms with Gasteiger partial charge in [0.15, 0.2) is 0 Å². The van der Waals surface area contributed by atoms with Crippen molar-refractivity contribution in [3.8, 4) is 0 Å². The zero-order valence-corrected chi connectivity index (χ0v) is 12.2. The molecule has 0 saturated carbocycles. The van der Waals surface area contributed by atoms with E-state index in [0.29, 0.717) is 34.9 Å². The Morgan fingerprint density at radius 2 is 2.18 bits per heavy atom. The molecule has 0 fully saturated rings. The lowest BCUT2D eigenvalue weighted by molar-refractivity contribution is 0.545. The Labute approximate surface area is 127 Å². The van der Waals surface area contributed by atoms with Crippen molar-refractivity contribution in [3.05, 3.63) is 53.7 Å². The molecule has 0 saturated heterocycles. The van der Waals surface area contributed by atoms with E-state index in [2.05, 4.69) is 15.2 Å². The van der Waals surface area contributed by atoms with Crippen LogP contribution in [0.1, 0.15) is 24.6 Å². The van der Waals surface area contributed by atoms with Gasteiger partial charge in [0.1, 0.15) is 17.3 Å². The Hall–Kier alpha value is -2.76. The molecular formula is C16H16FN5. The van der Waals surface area contributed by atoms with Crippen LogP contribution in [0, 0.1) is 11.2 Å². The fourth-order valence-electron chi connectivity index (χ4n) is 2.43. The molecule has 112 valence electrons. The number of amidine groups is 1. The van der Waals surface area contributed by atoms with Crippen molar-refractivity contribution in [3.63, 3.8) is 0 Å². The van der Waals surface area contributed by atoms with Gasteiger partial charge in [0, 0.05) is 24.5 Å². The number of nitrogens with zero attached hydrogens (tertiary/aromatic N) is 3. The largest absolute Gasteiger partial charge is 0.332 e. The fraction of sp³-hybridized carbons (Fsp3) is 0.188. The smallest absolute Gasteiger partial charge is 0.143 e. The molecule has 5 nitrogen and oxygen atoms in total. The number of fused-ring (bicyclic) bond motifs is 1. The predicted molar refractivity (Wildman–Crippen MR) is 84.9 cm³/mol. The van der Waals surface area contributed by atoms with Crippen LogP contribution in [-0.4, -0.2) is 33.7 Å². The monoisotopic (exact) mass is 297 g/mol. The van der Waals surface area contributed by atoms with Crippen molar-refractivity contribution in [2.75, 3.05) is 6.54 Å². The average molecular weight is 297 g/mol. The van der Waals surface area contributed by atoms with Gasteiger partial charge in [0.25, 0.3) is 0 Å². The first-order chi connectivity index (χ1) is 10.7. The summed E-state index contributed by atoms with van der Waals surface area (Å²) >= 11 is 0. The van der Waals surface area contributed by atoms with E-state index < -0.39 is 0 Å². The average Bonchev–Trinajstić information content (AvgIpc) is 2.93. The third-order valence-corrected chi connectivity index (χ3v) is 3.44. The van der Waals surface area contributed by atoms with E-state index in [9.17, 15) is 4.39 Å². The summed E-state index contributed by atoms with van der Waals surface area (Å²) in [5, 5.41) is 14.4. The minimum absolute atomic E-state index is 0.320. The molecule has 0 atom stereocenters. The van der Waals surface area contributed by atoms with Crippen LogP contribution in [0.5, 0.6) is 0 Å². The van der Waals surface area contributed by atoms with Crippen LogP contribution in [0.4, 0.5) is 10.1 Å². The molecule has 0 amide bonds. The van der Waals surface area contributed by atoms with Gasteiger partial charge in [-0.3, -0.25) is 5.10 Å². The Morgan fingerprint density at radius 3 is 2.91 bits per heavy atom. The quantitative estimate of drug-likeness (QED) is 0.850. The van der Waals surface area contributed by atoms with Gasteiger partial charge >= 0.3 is 0 Å². The molecular weight excluding hydrogens is 281 g/mol. The number of aliphatic imine (C=N–C) groups is 1. The van der Waals surface area contributed by atoms with Gasteiger partial charge in [-0.1, -0.05) is 19.1 Å². The topological polar surface area (TPSA) is 68.1 Å². The highest BCUT2D eigenvalue weighted by Gasteiger charge is 2.21. The maximum absolute atomic E-state index is 14.2. The normalized spacial score (nSPS) is 14.0. The van der Waals surface area contributed by atoms with Crippen molar-refractivity contribution in [1.82, 2.24) is 15.1 Å². The van der Waals surface area contributed by atoms with Gasteiger partial charge in [-0.05, 0) is 18.6 Å². The molecule has 2 heterocycles. The number of allylic oxidation sites excluding steroid dienone is 1. The predicted octanol–water partition coefficient (Wildman–Crippen LogP) is 3.34. The van der Waals surface area contributed by atoms with Gasteiger partial charge in [0.05, 0.1) is 17.5 Å². The van der Waals surface area contributed by atoms with E-state index in [1.807, 2.05) is 18.0 Å². The third-order valence-electron chi connectivity index (χ3n) is 3.44. The van der Waals surface area contributed by atoms with E-state index in [1.165, 1.54) is 12.3 Å². The molecule has 0 bridgehead atoms. The van der Waals surface area contributed by atoms with Crippen molar-refractivity contribution < 1.29 is 4.39 Å². The number of halogens is 1. The summed E-state index contributed by atoms with van der Waals surface area (Å²) in [7, 11) is 0. The van der Waals surface area contributed by atoms with Crippen LogP contribution < -0.4 is 0 Å². The first-order valence-electron chi connectivity index (χ1n) is 7.11. The zero-order valence-electron chi connectivity index (χ0n) is 12.2. The summed E-state index contributed by atoms with van der Waals surface area (Å²) in [4.78, 5) is 6.46. The highest BCUT2D eigenvalue weighted by atomic mass is 19.1. The van der Waals surface area contributed by atoms with Gasteiger partial charge < -0.3 is 10.3 Å². The van der Waals surface area contributed by atoms with Crippen LogP contribution in [0.25, 0.3) is 5.57 Å². The highest BCUT2D eigenvalue weighted by Crippen LogP contribution is 2.29. The van der Waals surface area contributed by atoms with E-state index in [-0.39, 0.29) is 5.82 Å². The van der Waals surface area contributed by atoms with Crippen molar-refractivity contribution in [2.45, 2.75) is 13.3 Å². The highest BCUT2D eigenvalue weighted by molar-refractivity contribution is 6.13. The summed E-state index contributed by atoms with van der Waals surface area (Å²) in [6.07, 6.45) is 5.52. The molecule has 2 aromatic rings. The minimum atomic E-state index is -0.320. The standard InChI is InChI=1S/C16H16FN5/c1-2-7-22-10-11(8-18)15-14(9-19-21-15)20-16(22)12-5-3-4-6-13(12)17/h3-6,8-10,18H,2,7H2,1H3,(H,19,21). The second-order valence-electron chi connectivity index (χ2n) is 4.97. The molecule has 0 unspecified atom stereocenters. The Bertz CT molecular complexity index is 759. The van der Waals surface area contributed by atoms with Gasteiger partial charge in [-0.15, -0.1) is 0 Å². The summed E-state index contributed by atoms with van der Waals surface area (Å²) < 4.78 is 14.2. The van der Waals surface area contributed by atoms with E-state index in [4.69, 9.17) is 5.41 Å². The van der Waals surface area contributed by atoms with E-state index in [1.54, 1.807) is 24.4 Å². The van der Waals surface area contributed by atoms with Gasteiger partial charge in [-0.25, -0.2) is 9.38 Å². The van der Waals surface area contributed by atoms with Crippen LogP contribution >= 0.6 is 0 Å². The molecule has 0 spiro atoms. The lowest BCUT2D eigenvalue weighted by Gasteiger charge is -2.21. The lowest BCUT2D eigenvalue weighted by Crippen LogP contribution is -2.28. The second-order valence-corrected chi connectivity index (χ2v) is 4.97. The number of aromatic amines is 1. The van der Waals surface area contributed by atoms with Crippen LogP contribution in [-0.2, 0) is 0 Å². The Kier molecular flexibility index (Phi) is 3.82. The summed E-state index contributed by atoms with van der Waals surface area (Å²) in [6.45, 7) is 2.73. The number of H-pyrrole nitrogens is 1. The van der Waals surface area contributed by atoms with Crippen LogP contribution in [0.2, 0.25) is 0 Å². The number of nitrogens with one attached hydrogen (secondary N) is 2. The number of rotatable bonds is 4. The first-order valence-corrected chi connectivity index (χ1v) is 7.11. The summed E-state index contributed by atoms with van der Waals surface area (Å²) in [6, 6.07) is 6.57. The van der Waals surface area contributed by atoms with Gasteiger partial charge in [-0.2, -0.15) is 5.10 Å². The minimum Gasteiger partial charge on any atom is -0.332 e. The number of hydrogen-bond donors (Lipinski definition) is 2. The molecule has 1 aliphatic heterocycles. The lowest BCUT2D eigenvalue weighted by atomic mass is 10.1. The van der Waals surface area contributed by atoms with E-state index in [0.717, 1.165) is 6.42 Å². The first kappa shape index (κ1) is 14.2. The number of benzene rings is 1. The molecule has 22 heavy (non-hydrogen) atoms. The molecule has 0 radical (unpaired) electrons. The van der Waals surface area contributed by atoms with Crippen molar-refractivity contribution in [2.24, 2.45) is 4.99 Å². The fourth-order valence-corrected chi connectivity index (χ4v) is 2.43. The van der Waals surface area contributed by atoms with Crippen molar-refractivity contribution in [1.29, 1.82) is 5.41 Å². The maximum Gasteiger partial charge on any atom is 0.143 e. The summed E-state index contributed by atoms with van der Waals surface area (Å²) in [5.41, 5.74) is 2.37. The SMILES string of the molecule is CCCN1C=C(C=N)c2[nH]ncc2N=C1c1ccccc1F. The summed E-state index contributed by atoms with van der Waals surface area (Å²) in [5.74, 6) is 0.207. The Morgan fingerprint density at radius 1 is 1.36 bits per heavy atom. The molecule has 1 aliphatic rings. The van der Waals surface area contributed by atoms with Crippen LogP contribution in [0.3, 0.4) is 0 Å². The number of aromatic nitrogens is 2. The van der Waals surface area contributed by atoms with Crippen molar-refractivity contribution >= 4 is 23.3 Å². The third kappa shape index (κ3) is 2.43. The van der Waals surface area contributed by atoms with Crippen LogP contribution in [0.15, 0.2) is 41.7 Å².